The predicted molar refractivity (Wildman–Crippen MR) is 72.1 cm³/mol. The summed E-state index contributed by atoms with van der Waals surface area (Å²) in [6, 6.07) is 1.82. The number of halogens is 2. The van der Waals surface area contributed by atoms with Gasteiger partial charge in [-0.3, -0.25) is 0 Å². The molecule has 2 aromatic rings. The highest BCUT2D eigenvalue weighted by Crippen LogP contribution is 2.34. The molecule has 0 spiro atoms. The van der Waals surface area contributed by atoms with Gasteiger partial charge in [0.05, 0.1) is 10.0 Å². The summed E-state index contributed by atoms with van der Waals surface area (Å²) in [6.45, 7) is 0. The van der Waals surface area contributed by atoms with E-state index in [4.69, 9.17) is 33.5 Å². The predicted octanol–water partition coefficient (Wildman–Crippen LogP) is 3.03. The van der Waals surface area contributed by atoms with Gasteiger partial charge in [-0.05, 0) is 25.3 Å². The van der Waals surface area contributed by atoms with Gasteiger partial charge in [0.25, 0.3) is 0 Å². The summed E-state index contributed by atoms with van der Waals surface area (Å²) < 4.78 is 5.29. The molecule has 0 amide bonds. The molecule has 0 aromatic carbocycles. The summed E-state index contributed by atoms with van der Waals surface area (Å²) in [6.07, 6.45) is 4.35. The van der Waals surface area contributed by atoms with Crippen molar-refractivity contribution in [3.05, 3.63) is 28.2 Å². The summed E-state index contributed by atoms with van der Waals surface area (Å²) in [4.78, 5) is 8.49. The van der Waals surface area contributed by atoms with Crippen LogP contribution in [0.1, 0.15) is 31.1 Å². The van der Waals surface area contributed by atoms with E-state index in [1.54, 1.807) is 6.07 Å². The Hall–Kier alpha value is -1.17. The fourth-order valence-electron chi connectivity index (χ4n) is 2.32. The van der Waals surface area contributed by atoms with Gasteiger partial charge in [-0.25, -0.2) is 4.98 Å². The summed E-state index contributed by atoms with van der Waals surface area (Å²) in [7, 11) is 0. The molecular formula is C12H12Cl2N4O. The zero-order valence-electron chi connectivity index (χ0n) is 10.0. The molecule has 1 fully saturated rings. The second-order valence-electron chi connectivity index (χ2n) is 4.71. The fraction of sp³-hybridized carbons (Fsp3) is 0.417. The van der Waals surface area contributed by atoms with Crippen LogP contribution in [0.25, 0.3) is 11.5 Å². The summed E-state index contributed by atoms with van der Waals surface area (Å²) in [5, 5.41) is 4.81. The van der Waals surface area contributed by atoms with Crippen molar-refractivity contribution in [3.63, 3.8) is 0 Å². The Morgan fingerprint density at radius 3 is 2.84 bits per heavy atom. The standard InChI is InChI=1S/C12H12Cl2N4O/c13-7-4-9(14)10(16-5-7)11-17-12(19-18-11)6-1-2-8(15)3-6/h4-6,8H,1-3,15H2/t6-,8+/m1/s1. The lowest BCUT2D eigenvalue weighted by Crippen LogP contribution is -2.14. The lowest BCUT2D eigenvalue weighted by atomic mass is 10.1. The zero-order chi connectivity index (χ0) is 13.4. The van der Waals surface area contributed by atoms with E-state index in [0.29, 0.717) is 27.5 Å². The molecule has 2 atom stereocenters. The number of aromatic nitrogens is 3. The number of hydrogen-bond donors (Lipinski definition) is 1. The largest absolute Gasteiger partial charge is 0.339 e. The monoisotopic (exact) mass is 298 g/mol. The fourth-order valence-corrected chi connectivity index (χ4v) is 2.78. The van der Waals surface area contributed by atoms with Crippen molar-refractivity contribution >= 4 is 23.2 Å². The van der Waals surface area contributed by atoms with E-state index in [1.165, 1.54) is 6.20 Å². The van der Waals surface area contributed by atoms with Gasteiger partial charge in [-0.1, -0.05) is 28.4 Å². The van der Waals surface area contributed by atoms with Gasteiger partial charge in [-0.15, -0.1) is 0 Å². The van der Waals surface area contributed by atoms with Crippen LogP contribution in [0, 0.1) is 0 Å². The van der Waals surface area contributed by atoms with Crippen LogP contribution in [0.5, 0.6) is 0 Å². The maximum atomic E-state index is 6.07. The minimum Gasteiger partial charge on any atom is -0.339 e. The van der Waals surface area contributed by atoms with Crippen LogP contribution in [0.2, 0.25) is 10.0 Å². The Balaban J connectivity index is 1.88. The van der Waals surface area contributed by atoms with Gasteiger partial charge >= 0.3 is 0 Å². The average molecular weight is 299 g/mol. The van der Waals surface area contributed by atoms with Gasteiger partial charge < -0.3 is 10.3 Å². The van der Waals surface area contributed by atoms with E-state index in [-0.39, 0.29) is 12.0 Å². The molecule has 0 saturated heterocycles. The lowest BCUT2D eigenvalue weighted by Gasteiger charge is -2.01. The average Bonchev–Trinajstić information content (AvgIpc) is 2.97. The number of nitrogens with two attached hydrogens (primary N) is 1. The van der Waals surface area contributed by atoms with Gasteiger partial charge in [-0.2, -0.15) is 4.98 Å². The molecule has 0 aliphatic heterocycles. The van der Waals surface area contributed by atoms with Crippen LogP contribution < -0.4 is 5.73 Å². The second kappa shape index (κ2) is 5.07. The van der Waals surface area contributed by atoms with Crippen molar-refractivity contribution in [3.8, 4) is 11.5 Å². The van der Waals surface area contributed by atoms with Crippen molar-refractivity contribution < 1.29 is 4.52 Å². The molecule has 100 valence electrons. The minimum absolute atomic E-state index is 0.220. The SMILES string of the molecule is N[C@H]1CC[C@@H](c2nc(-c3ncc(Cl)cc3Cl)no2)C1. The number of nitrogens with zero attached hydrogens (tertiary/aromatic N) is 3. The molecule has 2 aromatic heterocycles. The molecule has 0 unspecified atom stereocenters. The van der Waals surface area contributed by atoms with Gasteiger partial charge in [0.15, 0.2) is 0 Å². The summed E-state index contributed by atoms with van der Waals surface area (Å²) in [5.74, 6) is 1.23. The van der Waals surface area contributed by atoms with Crippen LogP contribution in [-0.2, 0) is 0 Å². The quantitative estimate of drug-likeness (QED) is 0.922. The second-order valence-corrected chi connectivity index (χ2v) is 5.55. The van der Waals surface area contributed by atoms with Gasteiger partial charge in [0.1, 0.15) is 5.69 Å². The number of pyridine rings is 1. The molecular weight excluding hydrogens is 287 g/mol. The molecule has 0 bridgehead atoms. The molecule has 3 rings (SSSR count). The third kappa shape index (κ3) is 2.59. The Bertz CT molecular complexity index is 601. The molecule has 1 aliphatic rings. The highest BCUT2D eigenvalue weighted by atomic mass is 35.5. The summed E-state index contributed by atoms with van der Waals surface area (Å²) >= 11 is 11.9. The van der Waals surface area contributed by atoms with Crippen LogP contribution in [0.4, 0.5) is 0 Å². The van der Waals surface area contributed by atoms with Crippen molar-refractivity contribution in [2.75, 3.05) is 0 Å². The number of rotatable bonds is 2. The van der Waals surface area contributed by atoms with E-state index < -0.39 is 0 Å². The molecule has 2 heterocycles. The number of hydrogen-bond acceptors (Lipinski definition) is 5. The Kier molecular flexibility index (Phi) is 3.43. The van der Waals surface area contributed by atoms with Crippen molar-refractivity contribution in [1.29, 1.82) is 0 Å². The Morgan fingerprint density at radius 2 is 2.16 bits per heavy atom. The molecule has 2 N–H and O–H groups in total. The van der Waals surface area contributed by atoms with E-state index in [0.717, 1.165) is 19.3 Å². The van der Waals surface area contributed by atoms with E-state index in [9.17, 15) is 0 Å². The third-order valence-corrected chi connectivity index (χ3v) is 3.78. The van der Waals surface area contributed by atoms with Crippen molar-refractivity contribution in [2.45, 2.75) is 31.2 Å². The Morgan fingerprint density at radius 1 is 1.32 bits per heavy atom. The van der Waals surface area contributed by atoms with Crippen molar-refractivity contribution in [2.24, 2.45) is 5.73 Å². The van der Waals surface area contributed by atoms with E-state index in [2.05, 4.69) is 15.1 Å². The topological polar surface area (TPSA) is 77.8 Å². The normalized spacial score (nSPS) is 22.9. The molecule has 0 radical (unpaired) electrons. The first-order valence-corrected chi connectivity index (χ1v) is 6.79. The third-order valence-electron chi connectivity index (χ3n) is 3.28. The van der Waals surface area contributed by atoms with E-state index >= 15 is 0 Å². The van der Waals surface area contributed by atoms with Gasteiger partial charge in [0.2, 0.25) is 11.7 Å². The Labute approximate surface area is 120 Å². The first-order valence-electron chi connectivity index (χ1n) is 6.04. The lowest BCUT2D eigenvalue weighted by molar-refractivity contribution is 0.353. The molecule has 7 heteroatoms. The highest BCUT2D eigenvalue weighted by Gasteiger charge is 2.28. The molecule has 1 saturated carbocycles. The smallest absolute Gasteiger partial charge is 0.230 e. The highest BCUT2D eigenvalue weighted by molar-refractivity contribution is 6.35. The van der Waals surface area contributed by atoms with Gasteiger partial charge in [0, 0.05) is 18.2 Å². The van der Waals surface area contributed by atoms with Crippen LogP contribution >= 0.6 is 23.2 Å². The van der Waals surface area contributed by atoms with Crippen LogP contribution in [-0.4, -0.2) is 21.2 Å². The molecule has 19 heavy (non-hydrogen) atoms. The summed E-state index contributed by atoms with van der Waals surface area (Å²) in [5.41, 5.74) is 6.36. The minimum atomic E-state index is 0.220. The zero-order valence-corrected chi connectivity index (χ0v) is 11.5. The van der Waals surface area contributed by atoms with Crippen molar-refractivity contribution in [1.82, 2.24) is 15.1 Å². The maximum absolute atomic E-state index is 6.07. The molecule has 1 aliphatic carbocycles. The van der Waals surface area contributed by atoms with Crippen LogP contribution in [0.3, 0.4) is 0 Å². The first kappa shape index (κ1) is 12.8. The first-order chi connectivity index (χ1) is 9.13. The van der Waals surface area contributed by atoms with Crippen LogP contribution in [0.15, 0.2) is 16.8 Å². The molecule has 5 nitrogen and oxygen atoms in total. The maximum Gasteiger partial charge on any atom is 0.230 e. The van der Waals surface area contributed by atoms with E-state index in [1.807, 2.05) is 0 Å².